The first-order valence-electron chi connectivity index (χ1n) is 6.77. The lowest BCUT2D eigenvalue weighted by molar-refractivity contribution is -0.137. The predicted molar refractivity (Wildman–Crippen MR) is 77.2 cm³/mol. The van der Waals surface area contributed by atoms with Gasteiger partial charge in [-0.15, -0.1) is 10.2 Å². The van der Waals surface area contributed by atoms with Crippen LogP contribution in [0.2, 0.25) is 0 Å². The van der Waals surface area contributed by atoms with Gasteiger partial charge < -0.3 is 9.67 Å². The highest BCUT2D eigenvalue weighted by Crippen LogP contribution is 2.30. The van der Waals surface area contributed by atoms with Gasteiger partial charge in [0.25, 0.3) is 0 Å². The summed E-state index contributed by atoms with van der Waals surface area (Å²) in [5.74, 6) is 0.988. The highest BCUT2D eigenvalue weighted by atomic mass is 32.2. The van der Waals surface area contributed by atoms with E-state index in [0.717, 1.165) is 24.1 Å². The van der Waals surface area contributed by atoms with E-state index in [2.05, 4.69) is 10.2 Å². The average molecular weight is 331 g/mol. The van der Waals surface area contributed by atoms with Crippen molar-refractivity contribution in [3.05, 3.63) is 41.2 Å². The van der Waals surface area contributed by atoms with Gasteiger partial charge in [0.2, 0.25) is 0 Å². The molecule has 22 heavy (non-hydrogen) atoms. The minimum Gasteiger partial charge on any atom is -0.388 e. The van der Waals surface area contributed by atoms with Crippen molar-refractivity contribution in [3.63, 3.8) is 0 Å². The number of aliphatic hydroxyl groups excluding tert-OH is 1. The maximum absolute atomic E-state index is 12.5. The Balaban J connectivity index is 2.05. The second-order valence-corrected chi connectivity index (χ2v) is 5.63. The molecule has 1 N–H and O–H groups in total. The minimum atomic E-state index is -4.32. The first kappa shape index (κ1) is 16.8. The van der Waals surface area contributed by atoms with Gasteiger partial charge in [0, 0.05) is 12.3 Å². The van der Waals surface area contributed by atoms with E-state index >= 15 is 0 Å². The number of aromatic nitrogens is 3. The number of alkyl halides is 3. The number of hydrogen-bond acceptors (Lipinski definition) is 4. The molecule has 0 amide bonds. The van der Waals surface area contributed by atoms with Gasteiger partial charge in [0.15, 0.2) is 11.0 Å². The van der Waals surface area contributed by atoms with Crippen molar-refractivity contribution in [2.45, 2.75) is 43.6 Å². The molecule has 1 aromatic heterocycles. The highest BCUT2D eigenvalue weighted by Gasteiger charge is 2.29. The number of halogens is 3. The summed E-state index contributed by atoms with van der Waals surface area (Å²) < 4.78 is 39.3. The summed E-state index contributed by atoms with van der Waals surface area (Å²) in [6, 6.07) is 5.07. The molecule has 8 heteroatoms. The Bertz CT molecular complexity index is 611. The average Bonchev–Trinajstić information content (AvgIpc) is 2.87. The third-order valence-electron chi connectivity index (χ3n) is 3.03. The van der Waals surface area contributed by atoms with E-state index in [-0.39, 0.29) is 6.61 Å². The van der Waals surface area contributed by atoms with Crippen LogP contribution in [0.1, 0.15) is 30.3 Å². The normalized spacial score (nSPS) is 11.9. The molecule has 0 saturated carbocycles. The van der Waals surface area contributed by atoms with Crippen LogP contribution in [0, 0.1) is 0 Å². The molecule has 0 aliphatic heterocycles. The maximum Gasteiger partial charge on any atom is 0.416 e. The van der Waals surface area contributed by atoms with Crippen molar-refractivity contribution in [3.8, 4) is 0 Å². The molecule has 0 unspecified atom stereocenters. The Kier molecular flexibility index (Phi) is 5.47. The van der Waals surface area contributed by atoms with Gasteiger partial charge in [0.1, 0.15) is 6.61 Å². The third kappa shape index (κ3) is 4.01. The molecule has 2 rings (SSSR count). The molecule has 1 aromatic carbocycles. The van der Waals surface area contributed by atoms with Crippen LogP contribution in [0.15, 0.2) is 29.4 Å². The Morgan fingerprint density at radius 3 is 2.41 bits per heavy atom. The van der Waals surface area contributed by atoms with Gasteiger partial charge in [-0.2, -0.15) is 13.2 Å². The molecule has 4 nitrogen and oxygen atoms in total. The lowest BCUT2D eigenvalue weighted by Gasteiger charge is -2.09. The van der Waals surface area contributed by atoms with Crippen LogP contribution in [0.25, 0.3) is 0 Å². The van der Waals surface area contributed by atoms with Gasteiger partial charge in [-0.1, -0.05) is 30.8 Å². The maximum atomic E-state index is 12.5. The lowest BCUT2D eigenvalue weighted by Crippen LogP contribution is -2.05. The quantitative estimate of drug-likeness (QED) is 0.823. The molecule has 0 atom stereocenters. The molecule has 0 aliphatic carbocycles. The summed E-state index contributed by atoms with van der Waals surface area (Å²) in [5, 5.41) is 17.8. The van der Waals surface area contributed by atoms with Crippen molar-refractivity contribution < 1.29 is 18.3 Å². The summed E-state index contributed by atoms with van der Waals surface area (Å²) in [6.07, 6.45) is -3.44. The zero-order valence-corrected chi connectivity index (χ0v) is 12.8. The summed E-state index contributed by atoms with van der Waals surface area (Å²) in [6.45, 7) is 2.51. The van der Waals surface area contributed by atoms with Gasteiger partial charge in [-0.05, 0) is 24.1 Å². The van der Waals surface area contributed by atoms with Crippen molar-refractivity contribution in [1.82, 2.24) is 14.8 Å². The van der Waals surface area contributed by atoms with Crippen LogP contribution in [0.5, 0.6) is 0 Å². The van der Waals surface area contributed by atoms with Crippen LogP contribution in [-0.2, 0) is 25.1 Å². The Morgan fingerprint density at radius 1 is 1.18 bits per heavy atom. The highest BCUT2D eigenvalue weighted by molar-refractivity contribution is 7.98. The zero-order valence-electron chi connectivity index (χ0n) is 12.0. The van der Waals surface area contributed by atoms with E-state index in [0.29, 0.717) is 23.3 Å². The van der Waals surface area contributed by atoms with Crippen molar-refractivity contribution in [2.24, 2.45) is 0 Å². The van der Waals surface area contributed by atoms with E-state index in [1.54, 1.807) is 0 Å². The monoisotopic (exact) mass is 331 g/mol. The molecule has 1 heterocycles. The van der Waals surface area contributed by atoms with Gasteiger partial charge >= 0.3 is 6.18 Å². The van der Waals surface area contributed by atoms with Gasteiger partial charge in [-0.25, -0.2) is 0 Å². The molecule has 0 saturated heterocycles. The van der Waals surface area contributed by atoms with Gasteiger partial charge in [-0.3, -0.25) is 0 Å². The molecule has 2 aromatic rings. The van der Waals surface area contributed by atoms with Crippen molar-refractivity contribution in [2.75, 3.05) is 0 Å². The van der Waals surface area contributed by atoms with Crippen LogP contribution < -0.4 is 0 Å². The fourth-order valence-corrected chi connectivity index (χ4v) is 2.87. The minimum absolute atomic E-state index is 0.187. The SMILES string of the molecule is CCCn1c(CO)nnc1SCc1ccc(C(F)(F)F)cc1. The van der Waals surface area contributed by atoms with Crippen LogP contribution in [-0.4, -0.2) is 19.9 Å². The fourth-order valence-electron chi connectivity index (χ4n) is 1.93. The lowest BCUT2D eigenvalue weighted by atomic mass is 10.1. The molecule has 0 bridgehead atoms. The number of hydrogen-bond donors (Lipinski definition) is 1. The Hall–Kier alpha value is -1.54. The molecular formula is C14H16F3N3OS. The summed E-state index contributed by atoms with van der Waals surface area (Å²) in [7, 11) is 0. The molecule has 120 valence electrons. The smallest absolute Gasteiger partial charge is 0.388 e. The van der Waals surface area contributed by atoms with E-state index < -0.39 is 11.7 Å². The number of rotatable bonds is 6. The van der Waals surface area contributed by atoms with Crippen LogP contribution in [0.4, 0.5) is 13.2 Å². The van der Waals surface area contributed by atoms with E-state index in [9.17, 15) is 18.3 Å². The standard InChI is InChI=1S/C14H16F3N3OS/c1-2-7-20-12(8-21)18-19-13(20)22-9-10-3-5-11(6-4-10)14(15,16)17/h3-6,21H,2,7-9H2,1H3. The molecule has 0 fully saturated rings. The van der Waals surface area contributed by atoms with Crippen molar-refractivity contribution >= 4 is 11.8 Å². The number of nitrogens with zero attached hydrogens (tertiary/aromatic N) is 3. The zero-order chi connectivity index (χ0) is 16.2. The number of thioether (sulfide) groups is 1. The third-order valence-corrected chi connectivity index (χ3v) is 4.07. The van der Waals surface area contributed by atoms with E-state index in [4.69, 9.17) is 0 Å². The Labute approximate surface area is 130 Å². The van der Waals surface area contributed by atoms with E-state index in [1.165, 1.54) is 23.9 Å². The second kappa shape index (κ2) is 7.15. The largest absolute Gasteiger partial charge is 0.416 e. The van der Waals surface area contributed by atoms with Crippen molar-refractivity contribution in [1.29, 1.82) is 0 Å². The number of aliphatic hydroxyl groups is 1. The molecule has 0 spiro atoms. The first-order chi connectivity index (χ1) is 10.5. The van der Waals surface area contributed by atoms with Crippen LogP contribution in [0.3, 0.4) is 0 Å². The summed E-state index contributed by atoms with van der Waals surface area (Å²) >= 11 is 1.39. The molecule has 0 aliphatic rings. The summed E-state index contributed by atoms with van der Waals surface area (Å²) in [4.78, 5) is 0. The fraction of sp³-hybridized carbons (Fsp3) is 0.429. The predicted octanol–water partition coefficient (Wildman–Crippen LogP) is 3.49. The van der Waals surface area contributed by atoms with E-state index in [1.807, 2.05) is 11.5 Å². The topological polar surface area (TPSA) is 50.9 Å². The first-order valence-corrected chi connectivity index (χ1v) is 7.76. The van der Waals surface area contributed by atoms with Crippen LogP contribution >= 0.6 is 11.8 Å². The summed E-state index contributed by atoms with van der Waals surface area (Å²) in [5.41, 5.74) is 0.118. The molecular weight excluding hydrogens is 315 g/mol. The Morgan fingerprint density at radius 2 is 1.86 bits per heavy atom. The molecule has 0 radical (unpaired) electrons. The second-order valence-electron chi connectivity index (χ2n) is 4.69. The van der Waals surface area contributed by atoms with Gasteiger partial charge in [0.05, 0.1) is 5.56 Å². The number of benzene rings is 1.